The van der Waals surface area contributed by atoms with Gasteiger partial charge in [0.25, 0.3) is 0 Å². The topological polar surface area (TPSA) is 9.23 Å². The molecule has 0 fully saturated rings. The molecule has 4 heteroatoms. The molecule has 1 nitrogen and oxygen atoms in total. The van der Waals surface area contributed by atoms with Crippen molar-refractivity contribution in [3.63, 3.8) is 0 Å². The van der Waals surface area contributed by atoms with E-state index in [0.717, 1.165) is 34.9 Å². The summed E-state index contributed by atoms with van der Waals surface area (Å²) in [4.78, 5) is 0. The van der Waals surface area contributed by atoms with E-state index in [4.69, 9.17) is 16.3 Å². The van der Waals surface area contributed by atoms with E-state index in [0.29, 0.717) is 5.25 Å². The van der Waals surface area contributed by atoms with Gasteiger partial charge in [0.2, 0.25) is 0 Å². The summed E-state index contributed by atoms with van der Waals surface area (Å²) in [6.45, 7) is 2.94. The Balaban J connectivity index is 2.16. The number of hydrogen-bond acceptors (Lipinski definition) is 2. The summed E-state index contributed by atoms with van der Waals surface area (Å²) in [6, 6.07) is 7.91. The fraction of sp³-hybridized carbons (Fsp3) is 0.500. The first-order valence-corrected chi connectivity index (χ1v) is 7.66. The minimum Gasteiger partial charge on any atom is -0.493 e. The first-order chi connectivity index (χ1) is 7.72. The summed E-state index contributed by atoms with van der Waals surface area (Å²) >= 11 is 11.0. The quantitative estimate of drug-likeness (QED) is 0.536. The summed E-state index contributed by atoms with van der Waals surface area (Å²) in [5.41, 5.74) is 0. The second kappa shape index (κ2) is 8.26. The van der Waals surface area contributed by atoms with Crippen molar-refractivity contribution in [2.75, 3.05) is 18.2 Å². The van der Waals surface area contributed by atoms with Crippen LogP contribution in [0.1, 0.15) is 13.3 Å². The lowest BCUT2D eigenvalue weighted by Gasteiger charge is -2.10. The molecule has 90 valence electrons. The molecule has 0 bridgehead atoms. The van der Waals surface area contributed by atoms with E-state index in [1.54, 1.807) is 0 Å². The van der Waals surface area contributed by atoms with Crippen molar-refractivity contribution in [1.82, 2.24) is 0 Å². The van der Waals surface area contributed by atoms with Crippen LogP contribution in [0.4, 0.5) is 0 Å². The number of hydrogen-bond donors (Lipinski definition) is 0. The first kappa shape index (κ1) is 14.2. The van der Waals surface area contributed by atoms with Crippen LogP contribution in [0.3, 0.4) is 0 Å². The zero-order chi connectivity index (χ0) is 11.8. The van der Waals surface area contributed by atoms with Crippen LogP contribution in [-0.4, -0.2) is 23.5 Å². The summed E-state index contributed by atoms with van der Waals surface area (Å²) in [5.74, 6) is 2.66. The summed E-state index contributed by atoms with van der Waals surface area (Å²) in [7, 11) is 0. The lowest BCUT2D eigenvalue weighted by atomic mass is 10.3. The molecule has 0 aliphatic rings. The monoisotopic (exact) mass is 322 g/mol. The lowest BCUT2D eigenvalue weighted by molar-refractivity contribution is 0.343. The van der Waals surface area contributed by atoms with Gasteiger partial charge >= 0.3 is 0 Å². The van der Waals surface area contributed by atoms with Crippen LogP contribution in [0.2, 0.25) is 0 Å². The Bertz CT molecular complexity index is 309. The van der Waals surface area contributed by atoms with Gasteiger partial charge in [0.1, 0.15) is 5.75 Å². The van der Waals surface area contributed by atoms with E-state index in [1.165, 1.54) is 0 Å². The van der Waals surface area contributed by atoms with Gasteiger partial charge in [0, 0.05) is 21.4 Å². The normalized spacial score (nSPS) is 12.4. The molecule has 0 saturated heterocycles. The Morgan fingerprint density at radius 3 is 3.00 bits per heavy atom. The van der Waals surface area contributed by atoms with Crippen LogP contribution in [0, 0.1) is 0 Å². The van der Waals surface area contributed by atoms with Gasteiger partial charge in [0.05, 0.1) is 6.61 Å². The van der Waals surface area contributed by atoms with E-state index in [2.05, 4.69) is 22.9 Å². The van der Waals surface area contributed by atoms with Crippen LogP contribution in [-0.2, 0) is 0 Å². The molecule has 1 aromatic rings. The Labute approximate surface area is 115 Å². The maximum absolute atomic E-state index is 5.67. The predicted molar refractivity (Wildman–Crippen MR) is 76.9 cm³/mol. The first-order valence-electron chi connectivity index (χ1n) is 5.28. The molecule has 1 aromatic carbocycles. The molecule has 0 aliphatic carbocycles. The molecule has 0 heterocycles. The van der Waals surface area contributed by atoms with Crippen molar-refractivity contribution in [3.05, 3.63) is 28.7 Å². The molecular formula is C12H16BrClOS. The molecule has 0 radical (unpaired) electrons. The highest BCUT2D eigenvalue weighted by Crippen LogP contribution is 2.19. The summed E-state index contributed by atoms with van der Waals surface area (Å²) in [6.07, 6.45) is 1.06. The van der Waals surface area contributed by atoms with E-state index >= 15 is 0 Å². The number of thioether (sulfide) groups is 1. The van der Waals surface area contributed by atoms with Gasteiger partial charge in [-0.1, -0.05) is 28.9 Å². The van der Waals surface area contributed by atoms with E-state index in [-0.39, 0.29) is 0 Å². The van der Waals surface area contributed by atoms with Crippen molar-refractivity contribution < 1.29 is 4.74 Å². The molecule has 16 heavy (non-hydrogen) atoms. The highest BCUT2D eigenvalue weighted by Gasteiger charge is 2.01. The smallest absolute Gasteiger partial charge is 0.120 e. The highest BCUT2D eigenvalue weighted by molar-refractivity contribution is 9.10. The molecule has 1 rings (SSSR count). The fourth-order valence-corrected chi connectivity index (χ4v) is 2.90. The molecule has 0 aromatic heterocycles. The lowest BCUT2D eigenvalue weighted by Crippen LogP contribution is -2.05. The van der Waals surface area contributed by atoms with Gasteiger partial charge in [-0.2, -0.15) is 11.8 Å². The second-order valence-electron chi connectivity index (χ2n) is 3.46. The van der Waals surface area contributed by atoms with E-state index in [1.807, 2.05) is 36.0 Å². The van der Waals surface area contributed by atoms with Gasteiger partial charge in [-0.05, 0) is 24.6 Å². The maximum atomic E-state index is 5.67. The predicted octanol–water partition coefficient (Wildman–Crippen LogP) is 4.58. The molecule has 0 aliphatic heterocycles. The van der Waals surface area contributed by atoms with Crippen LogP contribution < -0.4 is 4.74 Å². The standard InChI is InChI=1S/C12H16BrClOS/c1-10(5-6-14)16-8-7-15-12-4-2-3-11(13)9-12/h2-4,9-10H,5-8H2,1H3. The molecular weight excluding hydrogens is 308 g/mol. The van der Waals surface area contributed by atoms with Gasteiger partial charge in [-0.15, -0.1) is 11.6 Å². The van der Waals surface area contributed by atoms with Gasteiger partial charge in [-0.25, -0.2) is 0 Å². The van der Waals surface area contributed by atoms with Gasteiger partial charge in [-0.3, -0.25) is 0 Å². The maximum Gasteiger partial charge on any atom is 0.120 e. The molecule has 1 unspecified atom stereocenters. The van der Waals surface area contributed by atoms with Gasteiger partial charge < -0.3 is 4.74 Å². The average molecular weight is 324 g/mol. The SMILES string of the molecule is CC(CCCl)SCCOc1cccc(Br)c1. The van der Waals surface area contributed by atoms with Crippen LogP contribution in [0.15, 0.2) is 28.7 Å². The average Bonchev–Trinajstić information content (AvgIpc) is 2.25. The Kier molecular flexibility index (Phi) is 7.33. The van der Waals surface area contributed by atoms with Crippen LogP contribution in [0.25, 0.3) is 0 Å². The molecule has 0 amide bonds. The minimum absolute atomic E-state index is 0.614. The van der Waals surface area contributed by atoms with Gasteiger partial charge in [0.15, 0.2) is 0 Å². The number of ether oxygens (including phenoxy) is 1. The van der Waals surface area contributed by atoms with Crippen molar-refractivity contribution in [3.8, 4) is 5.75 Å². The Morgan fingerprint density at radius 2 is 2.31 bits per heavy atom. The summed E-state index contributed by atoms with van der Waals surface area (Å²) < 4.78 is 6.68. The molecule has 0 saturated carbocycles. The van der Waals surface area contributed by atoms with Crippen LogP contribution >= 0.6 is 39.3 Å². The number of halogens is 2. The summed E-state index contributed by atoms with van der Waals surface area (Å²) in [5, 5.41) is 0.614. The highest BCUT2D eigenvalue weighted by atomic mass is 79.9. The zero-order valence-corrected chi connectivity index (χ0v) is 12.4. The third kappa shape index (κ3) is 6.02. The second-order valence-corrected chi connectivity index (χ2v) is 6.30. The number of rotatable bonds is 7. The van der Waals surface area contributed by atoms with Crippen molar-refractivity contribution in [1.29, 1.82) is 0 Å². The molecule has 0 spiro atoms. The third-order valence-corrected chi connectivity index (χ3v) is 3.98. The minimum atomic E-state index is 0.614. The van der Waals surface area contributed by atoms with E-state index in [9.17, 15) is 0 Å². The van der Waals surface area contributed by atoms with Crippen molar-refractivity contribution in [2.45, 2.75) is 18.6 Å². The Morgan fingerprint density at radius 1 is 1.50 bits per heavy atom. The van der Waals surface area contributed by atoms with E-state index < -0.39 is 0 Å². The largest absolute Gasteiger partial charge is 0.493 e. The van der Waals surface area contributed by atoms with Crippen molar-refractivity contribution >= 4 is 39.3 Å². The van der Waals surface area contributed by atoms with Crippen LogP contribution in [0.5, 0.6) is 5.75 Å². The number of benzene rings is 1. The molecule has 0 N–H and O–H groups in total. The number of alkyl halides is 1. The Hall–Kier alpha value is 0.140. The zero-order valence-electron chi connectivity index (χ0n) is 9.29. The molecule has 1 atom stereocenters. The third-order valence-electron chi connectivity index (χ3n) is 2.07. The fourth-order valence-electron chi connectivity index (χ4n) is 1.20. The van der Waals surface area contributed by atoms with Crippen molar-refractivity contribution in [2.24, 2.45) is 0 Å².